The number of hydrogen-bond donors (Lipinski definition) is 1. The van der Waals surface area contributed by atoms with Gasteiger partial charge in [0.25, 0.3) is 0 Å². The lowest BCUT2D eigenvalue weighted by atomic mass is 9.83. The first kappa shape index (κ1) is 10.7. The van der Waals surface area contributed by atoms with E-state index in [1.807, 2.05) is 5.38 Å². The second-order valence-electron chi connectivity index (χ2n) is 4.43. The Balaban J connectivity index is 2.03. The van der Waals surface area contributed by atoms with Crippen LogP contribution >= 0.6 is 11.3 Å². The van der Waals surface area contributed by atoms with Gasteiger partial charge in [0, 0.05) is 11.8 Å². The first-order valence-electron chi connectivity index (χ1n) is 5.71. The topological polar surface area (TPSA) is 63.1 Å². The Morgan fingerprint density at radius 2 is 2.29 bits per heavy atom. The zero-order valence-electron chi connectivity index (χ0n) is 9.22. The Labute approximate surface area is 102 Å². The molecule has 0 unspecified atom stereocenters. The predicted octanol–water partition coefficient (Wildman–Crippen LogP) is 2.73. The number of carbonyl (C=O) groups is 1. The van der Waals surface area contributed by atoms with E-state index in [-0.39, 0.29) is 5.69 Å². The van der Waals surface area contributed by atoms with Gasteiger partial charge in [-0.1, -0.05) is 19.3 Å². The molecule has 0 spiro atoms. The van der Waals surface area contributed by atoms with E-state index in [4.69, 9.17) is 5.11 Å². The number of fused-ring (bicyclic) bond motifs is 1. The summed E-state index contributed by atoms with van der Waals surface area (Å²) in [5, 5.41) is 11.7. The van der Waals surface area contributed by atoms with Gasteiger partial charge >= 0.3 is 5.97 Å². The van der Waals surface area contributed by atoms with Gasteiger partial charge in [-0.25, -0.2) is 14.8 Å². The zero-order chi connectivity index (χ0) is 11.8. The number of carboxylic acid groups (broad SMARTS) is 1. The molecule has 1 aliphatic rings. The van der Waals surface area contributed by atoms with Crippen molar-refractivity contribution in [1.82, 2.24) is 9.97 Å². The van der Waals surface area contributed by atoms with Crippen molar-refractivity contribution >= 4 is 27.5 Å². The third-order valence-corrected chi connectivity index (χ3v) is 4.08. The first-order valence-corrected chi connectivity index (χ1v) is 6.59. The van der Waals surface area contributed by atoms with Crippen LogP contribution in [0.2, 0.25) is 0 Å². The number of nitrogens with zero attached hydrogens (tertiary/aromatic N) is 2. The van der Waals surface area contributed by atoms with Crippen molar-refractivity contribution in [2.75, 3.05) is 0 Å². The van der Waals surface area contributed by atoms with Crippen LogP contribution in [0.1, 0.15) is 35.6 Å². The molecule has 0 atom stereocenters. The maximum absolute atomic E-state index is 11.1. The summed E-state index contributed by atoms with van der Waals surface area (Å²) in [7, 11) is 0. The van der Waals surface area contributed by atoms with Crippen molar-refractivity contribution in [3.8, 4) is 0 Å². The molecule has 17 heavy (non-hydrogen) atoms. The van der Waals surface area contributed by atoms with Gasteiger partial charge < -0.3 is 5.11 Å². The van der Waals surface area contributed by atoms with Crippen molar-refractivity contribution < 1.29 is 9.90 Å². The Bertz CT molecular complexity index is 575. The second-order valence-corrected chi connectivity index (χ2v) is 5.33. The molecule has 0 aromatic carbocycles. The molecule has 1 N–H and O–H groups in total. The lowest BCUT2D eigenvalue weighted by Crippen LogP contribution is -2.16. The molecule has 1 saturated carbocycles. The molecule has 0 bridgehead atoms. The molecule has 2 aromatic rings. The van der Waals surface area contributed by atoms with E-state index >= 15 is 0 Å². The largest absolute Gasteiger partial charge is 0.476 e. The van der Waals surface area contributed by atoms with Crippen LogP contribution in [0.4, 0.5) is 0 Å². The highest BCUT2D eigenvalue weighted by molar-refractivity contribution is 7.16. The van der Waals surface area contributed by atoms with E-state index in [1.54, 1.807) is 6.07 Å². The third-order valence-electron chi connectivity index (χ3n) is 3.27. The molecule has 2 aromatic heterocycles. The molecular formula is C12H12N2O2S. The number of hydrogen-bond acceptors (Lipinski definition) is 4. The van der Waals surface area contributed by atoms with Gasteiger partial charge in [0.05, 0.1) is 0 Å². The molecule has 1 fully saturated rings. The molecule has 0 saturated heterocycles. The zero-order valence-corrected chi connectivity index (χ0v) is 10.0. The molecule has 88 valence electrons. The van der Waals surface area contributed by atoms with Crippen LogP contribution in [-0.4, -0.2) is 21.0 Å². The fraction of sp³-hybridized carbons (Fsp3) is 0.417. The maximum Gasteiger partial charge on any atom is 0.355 e. The quantitative estimate of drug-likeness (QED) is 0.907. The van der Waals surface area contributed by atoms with Crippen LogP contribution < -0.4 is 0 Å². The molecule has 0 amide bonds. The van der Waals surface area contributed by atoms with Gasteiger partial charge in [0.2, 0.25) is 0 Å². The molecule has 1 aliphatic carbocycles. The Morgan fingerprint density at radius 1 is 1.47 bits per heavy atom. The van der Waals surface area contributed by atoms with E-state index < -0.39 is 5.97 Å². The van der Waals surface area contributed by atoms with Gasteiger partial charge in [-0.2, -0.15) is 0 Å². The summed E-state index contributed by atoms with van der Waals surface area (Å²) in [6, 6.07) is 1.77. The van der Waals surface area contributed by atoms with Gasteiger partial charge in [0.1, 0.15) is 10.7 Å². The van der Waals surface area contributed by atoms with Gasteiger partial charge in [-0.15, -0.1) is 11.3 Å². The van der Waals surface area contributed by atoms with Crippen molar-refractivity contribution in [2.24, 2.45) is 5.92 Å². The van der Waals surface area contributed by atoms with Gasteiger partial charge in [-0.3, -0.25) is 0 Å². The highest BCUT2D eigenvalue weighted by Crippen LogP contribution is 2.30. The second kappa shape index (κ2) is 4.07. The van der Waals surface area contributed by atoms with Gasteiger partial charge in [-0.05, 0) is 17.4 Å². The number of aromatic nitrogens is 2. The first-order chi connectivity index (χ1) is 8.24. The van der Waals surface area contributed by atoms with E-state index in [1.165, 1.54) is 30.6 Å². The van der Waals surface area contributed by atoms with E-state index in [0.29, 0.717) is 17.1 Å². The summed E-state index contributed by atoms with van der Waals surface area (Å²) in [5.74, 6) is 0.363. The average molecular weight is 248 g/mol. The number of aromatic carboxylic acids is 1. The normalized spacial score (nSPS) is 16.0. The smallest absolute Gasteiger partial charge is 0.355 e. The molecular weight excluding hydrogens is 236 g/mol. The molecule has 0 aliphatic heterocycles. The Hall–Kier alpha value is -1.49. The molecule has 2 heterocycles. The fourth-order valence-corrected chi connectivity index (χ4v) is 2.89. The average Bonchev–Trinajstić information content (AvgIpc) is 2.69. The van der Waals surface area contributed by atoms with E-state index in [2.05, 4.69) is 9.97 Å². The van der Waals surface area contributed by atoms with Crippen LogP contribution in [0.25, 0.3) is 10.2 Å². The van der Waals surface area contributed by atoms with Crippen molar-refractivity contribution in [1.29, 1.82) is 0 Å². The minimum Gasteiger partial charge on any atom is -0.476 e. The van der Waals surface area contributed by atoms with Crippen LogP contribution in [0.5, 0.6) is 0 Å². The molecule has 4 nitrogen and oxygen atoms in total. The lowest BCUT2D eigenvalue weighted by Gasteiger charge is -2.24. The van der Waals surface area contributed by atoms with Crippen molar-refractivity contribution in [2.45, 2.75) is 25.7 Å². The number of carboxylic acids is 1. The van der Waals surface area contributed by atoms with Crippen molar-refractivity contribution in [3.63, 3.8) is 0 Å². The van der Waals surface area contributed by atoms with Crippen molar-refractivity contribution in [3.05, 3.63) is 23.0 Å². The van der Waals surface area contributed by atoms with Crippen LogP contribution in [0, 0.1) is 5.92 Å². The highest BCUT2D eigenvalue weighted by Gasteiger charge is 2.21. The summed E-state index contributed by atoms with van der Waals surface area (Å²) in [4.78, 5) is 20.6. The summed E-state index contributed by atoms with van der Waals surface area (Å²) >= 11 is 1.47. The summed E-state index contributed by atoms with van der Waals surface area (Å²) in [5.41, 5.74) is 0.144. The molecule has 5 heteroatoms. The summed E-state index contributed by atoms with van der Waals surface area (Å²) in [6.07, 6.45) is 4.52. The third kappa shape index (κ3) is 1.91. The number of thiophene rings is 1. The Kier molecular flexibility index (Phi) is 2.55. The minimum atomic E-state index is -0.967. The van der Waals surface area contributed by atoms with E-state index in [0.717, 1.165) is 11.3 Å². The van der Waals surface area contributed by atoms with Crippen LogP contribution in [0.3, 0.4) is 0 Å². The summed E-state index contributed by atoms with van der Waals surface area (Å²) < 4.78 is 0. The Morgan fingerprint density at radius 3 is 2.94 bits per heavy atom. The van der Waals surface area contributed by atoms with Crippen LogP contribution in [0.15, 0.2) is 11.4 Å². The fourth-order valence-electron chi connectivity index (χ4n) is 2.11. The molecule has 3 rings (SSSR count). The SMILES string of the molecule is O=C(O)c1nc(CC2CCC2)nc2sccc12. The van der Waals surface area contributed by atoms with Gasteiger partial charge in [0.15, 0.2) is 5.69 Å². The molecule has 0 radical (unpaired) electrons. The van der Waals surface area contributed by atoms with E-state index in [9.17, 15) is 4.79 Å². The highest BCUT2D eigenvalue weighted by atomic mass is 32.1. The monoisotopic (exact) mass is 248 g/mol. The summed E-state index contributed by atoms with van der Waals surface area (Å²) in [6.45, 7) is 0. The standard InChI is InChI=1S/C12H12N2O2S/c15-12(16)10-8-4-5-17-11(8)14-9(13-10)6-7-2-1-3-7/h4-5,7H,1-3,6H2,(H,15,16). The predicted molar refractivity (Wildman–Crippen MR) is 65.4 cm³/mol. The minimum absolute atomic E-state index is 0.144. The maximum atomic E-state index is 11.1. The van der Waals surface area contributed by atoms with Crippen LogP contribution in [-0.2, 0) is 6.42 Å². The lowest BCUT2D eigenvalue weighted by molar-refractivity contribution is 0.0692. The number of rotatable bonds is 3.